The van der Waals surface area contributed by atoms with Crippen LogP contribution in [0.3, 0.4) is 0 Å². The smallest absolute Gasteiger partial charge is 0.239 e. The largest absolute Gasteiger partial charge is 0.494 e. The minimum atomic E-state index is -3.78. The van der Waals surface area contributed by atoms with Gasteiger partial charge in [-0.2, -0.15) is 0 Å². The van der Waals surface area contributed by atoms with Crippen LogP contribution in [0.5, 0.6) is 5.75 Å². The van der Waals surface area contributed by atoms with E-state index in [9.17, 15) is 13.2 Å². The fraction of sp³-hybridized carbons (Fsp3) is 0.235. The van der Waals surface area contributed by atoms with Crippen LogP contribution in [0, 0.1) is 0 Å². The maximum atomic E-state index is 12.3. The van der Waals surface area contributed by atoms with Crippen LogP contribution in [0.2, 0.25) is 15.1 Å². The third-order valence-electron chi connectivity index (χ3n) is 3.27. The fourth-order valence-electron chi connectivity index (χ4n) is 2.18. The van der Waals surface area contributed by atoms with E-state index in [4.69, 9.17) is 39.5 Å². The van der Waals surface area contributed by atoms with Gasteiger partial charge in [-0.05, 0) is 43.3 Å². The van der Waals surface area contributed by atoms with Crippen molar-refractivity contribution in [3.05, 3.63) is 57.0 Å². The Kier molecular flexibility index (Phi) is 7.17. The Hall–Kier alpha value is -1.47. The second-order valence-electron chi connectivity index (χ2n) is 5.39. The maximum Gasteiger partial charge on any atom is 0.239 e. The molecule has 0 unspecified atom stereocenters. The molecule has 26 heavy (non-hydrogen) atoms. The number of rotatable bonds is 7. The van der Waals surface area contributed by atoms with Crippen LogP contribution in [-0.4, -0.2) is 26.7 Å². The van der Waals surface area contributed by atoms with Gasteiger partial charge in [0.2, 0.25) is 5.91 Å². The topological polar surface area (TPSA) is 72.5 Å². The molecule has 9 heteroatoms. The highest BCUT2D eigenvalue weighted by atomic mass is 35.5. The predicted octanol–water partition coefficient (Wildman–Crippen LogP) is 4.60. The molecule has 0 heterocycles. The first-order valence-corrected chi connectivity index (χ1v) is 10.5. The Labute approximate surface area is 167 Å². The highest BCUT2D eigenvalue weighted by molar-refractivity contribution is 7.91. The number of halogens is 3. The lowest BCUT2D eigenvalue weighted by molar-refractivity contribution is -0.113. The summed E-state index contributed by atoms with van der Waals surface area (Å²) in [4.78, 5) is 12.0. The molecule has 0 bridgehead atoms. The third kappa shape index (κ3) is 6.06. The summed E-state index contributed by atoms with van der Waals surface area (Å²) >= 11 is 17.8. The van der Waals surface area contributed by atoms with Gasteiger partial charge in [-0.25, -0.2) is 8.42 Å². The second-order valence-corrected chi connectivity index (χ2v) is 8.70. The summed E-state index contributed by atoms with van der Waals surface area (Å²) in [7, 11) is -3.78. The summed E-state index contributed by atoms with van der Waals surface area (Å²) in [5.74, 6) is -1.16. The van der Waals surface area contributed by atoms with Crippen molar-refractivity contribution in [2.45, 2.75) is 12.7 Å². The molecule has 5 nitrogen and oxygen atoms in total. The number of sulfone groups is 1. The number of nitrogens with one attached hydrogen (secondary N) is 1. The molecule has 0 aliphatic rings. The average molecular weight is 437 g/mol. The molecule has 0 fully saturated rings. The first-order valence-electron chi connectivity index (χ1n) is 7.56. The van der Waals surface area contributed by atoms with Crippen LogP contribution >= 0.6 is 34.8 Å². The second kappa shape index (κ2) is 8.95. The molecule has 0 aliphatic heterocycles. The molecule has 0 aliphatic carbocycles. The van der Waals surface area contributed by atoms with E-state index in [2.05, 4.69) is 5.32 Å². The fourth-order valence-corrected chi connectivity index (χ4v) is 4.61. The Morgan fingerprint density at radius 3 is 2.19 bits per heavy atom. The van der Waals surface area contributed by atoms with Crippen LogP contribution in [0.4, 0.5) is 5.69 Å². The van der Waals surface area contributed by atoms with Gasteiger partial charge in [-0.1, -0.05) is 34.8 Å². The molecule has 0 aromatic heterocycles. The first kappa shape index (κ1) is 20.8. The van der Waals surface area contributed by atoms with E-state index in [0.29, 0.717) is 23.1 Å². The minimum Gasteiger partial charge on any atom is -0.494 e. The molecule has 140 valence electrons. The van der Waals surface area contributed by atoms with E-state index in [1.807, 2.05) is 6.92 Å². The lowest BCUT2D eigenvalue weighted by atomic mass is 10.2. The lowest BCUT2D eigenvalue weighted by Crippen LogP contribution is -2.24. The summed E-state index contributed by atoms with van der Waals surface area (Å²) in [5, 5.41) is 3.11. The Balaban J connectivity index is 2.03. The van der Waals surface area contributed by atoms with Crippen LogP contribution in [0.1, 0.15) is 12.5 Å². The third-order valence-corrected chi connectivity index (χ3v) is 5.59. The summed E-state index contributed by atoms with van der Waals surface area (Å²) in [6.45, 7) is 2.39. The predicted molar refractivity (Wildman–Crippen MR) is 105 cm³/mol. The van der Waals surface area contributed by atoms with Gasteiger partial charge in [-0.3, -0.25) is 4.79 Å². The van der Waals surface area contributed by atoms with E-state index < -0.39 is 27.3 Å². The summed E-state index contributed by atoms with van der Waals surface area (Å²) in [5.41, 5.74) is 0.683. The highest BCUT2D eigenvalue weighted by Gasteiger charge is 2.21. The van der Waals surface area contributed by atoms with Crippen molar-refractivity contribution >= 4 is 56.2 Å². The van der Waals surface area contributed by atoms with Gasteiger partial charge < -0.3 is 10.1 Å². The van der Waals surface area contributed by atoms with Gasteiger partial charge in [0, 0.05) is 26.3 Å². The molecule has 1 amide bonds. The van der Waals surface area contributed by atoms with Crippen molar-refractivity contribution in [2.24, 2.45) is 0 Å². The Morgan fingerprint density at radius 2 is 1.65 bits per heavy atom. The van der Waals surface area contributed by atoms with Gasteiger partial charge in [0.1, 0.15) is 11.5 Å². The minimum absolute atomic E-state index is 0.137. The van der Waals surface area contributed by atoms with Crippen LogP contribution in [-0.2, 0) is 20.4 Å². The van der Waals surface area contributed by atoms with Crippen molar-refractivity contribution in [3.8, 4) is 5.75 Å². The van der Waals surface area contributed by atoms with E-state index in [1.165, 1.54) is 12.1 Å². The first-order chi connectivity index (χ1) is 12.2. The molecule has 0 saturated heterocycles. The maximum absolute atomic E-state index is 12.3. The molecule has 0 spiro atoms. The molecule has 2 aromatic carbocycles. The average Bonchev–Trinajstić information content (AvgIpc) is 2.52. The molecular formula is C17H16Cl3NO4S. The molecule has 2 rings (SSSR count). The van der Waals surface area contributed by atoms with Crippen molar-refractivity contribution in [1.82, 2.24) is 0 Å². The van der Waals surface area contributed by atoms with Crippen molar-refractivity contribution in [3.63, 3.8) is 0 Å². The van der Waals surface area contributed by atoms with Crippen molar-refractivity contribution in [1.29, 1.82) is 0 Å². The van der Waals surface area contributed by atoms with E-state index in [-0.39, 0.29) is 15.6 Å². The van der Waals surface area contributed by atoms with E-state index in [0.717, 1.165) is 0 Å². The number of hydrogen-bond acceptors (Lipinski definition) is 4. The number of hydrogen-bond donors (Lipinski definition) is 1. The molecule has 2 aromatic rings. The molecule has 0 radical (unpaired) electrons. The zero-order valence-electron chi connectivity index (χ0n) is 13.8. The summed E-state index contributed by atoms with van der Waals surface area (Å²) in [6, 6.07) is 9.42. The Morgan fingerprint density at radius 1 is 1.08 bits per heavy atom. The number of benzene rings is 2. The number of anilines is 1. The quantitative estimate of drug-likeness (QED) is 0.688. The SMILES string of the molecule is CCOc1ccc(NC(=O)CS(=O)(=O)Cc2c(Cl)cc(Cl)cc2Cl)cc1. The highest BCUT2D eigenvalue weighted by Crippen LogP contribution is 2.30. The normalized spacial score (nSPS) is 11.2. The zero-order chi connectivity index (χ0) is 19.3. The van der Waals surface area contributed by atoms with Gasteiger partial charge in [0.15, 0.2) is 9.84 Å². The van der Waals surface area contributed by atoms with Crippen LogP contribution < -0.4 is 10.1 Å². The number of amides is 1. The summed E-state index contributed by atoms with van der Waals surface area (Å²) in [6.07, 6.45) is 0. The van der Waals surface area contributed by atoms with Crippen molar-refractivity contribution in [2.75, 3.05) is 17.7 Å². The monoisotopic (exact) mass is 435 g/mol. The van der Waals surface area contributed by atoms with Crippen LogP contribution in [0.15, 0.2) is 36.4 Å². The Bertz CT molecular complexity index is 876. The standard InChI is InChI=1S/C17H16Cl3NO4S/c1-2-25-13-5-3-12(4-6-13)21-17(22)10-26(23,24)9-14-15(19)7-11(18)8-16(14)20/h3-8H,2,9-10H2,1H3,(H,21,22). The van der Waals surface area contributed by atoms with Gasteiger partial charge >= 0.3 is 0 Å². The van der Waals surface area contributed by atoms with Crippen molar-refractivity contribution < 1.29 is 17.9 Å². The number of carbonyl (C=O) groups is 1. The number of carbonyl (C=O) groups excluding carboxylic acids is 1. The number of ether oxygens (including phenoxy) is 1. The van der Waals surface area contributed by atoms with E-state index in [1.54, 1.807) is 24.3 Å². The van der Waals surface area contributed by atoms with Crippen LogP contribution in [0.25, 0.3) is 0 Å². The summed E-state index contributed by atoms with van der Waals surface area (Å²) < 4.78 is 29.9. The van der Waals surface area contributed by atoms with Gasteiger partial charge in [-0.15, -0.1) is 0 Å². The molecule has 1 N–H and O–H groups in total. The van der Waals surface area contributed by atoms with E-state index >= 15 is 0 Å². The zero-order valence-corrected chi connectivity index (χ0v) is 16.8. The van der Waals surface area contributed by atoms with Gasteiger partial charge in [0.25, 0.3) is 0 Å². The molecular weight excluding hydrogens is 421 g/mol. The lowest BCUT2D eigenvalue weighted by Gasteiger charge is -2.10. The molecule has 0 atom stereocenters. The van der Waals surface area contributed by atoms with Gasteiger partial charge in [0.05, 0.1) is 12.4 Å². The molecule has 0 saturated carbocycles.